The van der Waals surface area contributed by atoms with Crippen LogP contribution in [0.25, 0.3) is 11.3 Å². The average molecular weight is 286 g/mol. The number of thiazole rings is 1. The smallest absolute Gasteiger partial charge is 0.263 e. The van der Waals surface area contributed by atoms with Crippen molar-refractivity contribution in [2.75, 3.05) is 0 Å². The molecule has 0 bridgehead atoms. The fourth-order valence-electron chi connectivity index (χ4n) is 2.69. The second-order valence-electron chi connectivity index (χ2n) is 5.23. The van der Waals surface area contributed by atoms with Gasteiger partial charge in [0.1, 0.15) is 4.88 Å². The molecule has 1 aliphatic carbocycles. The van der Waals surface area contributed by atoms with Crippen molar-refractivity contribution in [3.05, 3.63) is 40.2 Å². The van der Waals surface area contributed by atoms with Gasteiger partial charge >= 0.3 is 0 Å². The van der Waals surface area contributed by atoms with Crippen molar-refractivity contribution in [2.45, 2.75) is 38.6 Å². The average Bonchev–Trinajstić information content (AvgIpc) is 3.09. The van der Waals surface area contributed by atoms with Crippen molar-refractivity contribution in [1.82, 2.24) is 10.3 Å². The van der Waals surface area contributed by atoms with E-state index in [1.165, 1.54) is 24.2 Å². The number of benzene rings is 1. The summed E-state index contributed by atoms with van der Waals surface area (Å²) in [6.07, 6.45) is 4.64. The summed E-state index contributed by atoms with van der Waals surface area (Å²) in [5.74, 6) is 0.0290. The first-order chi connectivity index (χ1) is 9.74. The summed E-state index contributed by atoms with van der Waals surface area (Å²) in [4.78, 5) is 17.7. The van der Waals surface area contributed by atoms with Gasteiger partial charge in [-0.15, -0.1) is 11.3 Å². The first kappa shape index (κ1) is 13.3. The van der Waals surface area contributed by atoms with Crippen molar-refractivity contribution in [3.8, 4) is 11.3 Å². The van der Waals surface area contributed by atoms with Crippen LogP contribution >= 0.6 is 11.3 Å². The predicted molar refractivity (Wildman–Crippen MR) is 82.0 cm³/mol. The summed E-state index contributed by atoms with van der Waals surface area (Å²) in [5, 5.41) is 4.08. The molecular formula is C16H18N2OS. The molecule has 1 aromatic heterocycles. The minimum Gasteiger partial charge on any atom is -0.349 e. The number of hydrogen-bond acceptors (Lipinski definition) is 3. The second kappa shape index (κ2) is 5.75. The van der Waals surface area contributed by atoms with E-state index in [2.05, 4.69) is 10.3 Å². The Kier molecular flexibility index (Phi) is 3.83. The Morgan fingerprint density at radius 2 is 1.95 bits per heavy atom. The molecular weight excluding hydrogens is 268 g/mol. The topological polar surface area (TPSA) is 42.0 Å². The van der Waals surface area contributed by atoms with Gasteiger partial charge in [-0.1, -0.05) is 43.2 Å². The van der Waals surface area contributed by atoms with Crippen LogP contribution in [0.1, 0.15) is 40.4 Å². The first-order valence-corrected chi connectivity index (χ1v) is 7.89. The summed E-state index contributed by atoms with van der Waals surface area (Å²) in [6, 6.07) is 10.3. The van der Waals surface area contributed by atoms with Gasteiger partial charge in [0, 0.05) is 11.6 Å². The van der Waals surface area contributed by atoms with Crippen molar-refractivity contribution in [2.24, 2.45) is 0 Å². The summed E-state index contributed by atoms with van der Waals surface area (Å²) in [6.45, 7) is 1.95. The van der Waals surface area contributed by atoms with Crippen molar-refractivity contribution in [3.63, 3.8) is 0 Å². The summed E-state index contributed by atoms with van der Waals surface area (Å²) >= 11 is 1.48. The standard InChI is InChI=1S/C16H18N2OS/c1-11-17-14(12-7-3-2-4-8-12)15(20-11)16(19)18-13-9-5-6-10-13/h2-4,7-8,13H,5-6,9-10H2,1H3,(H,18,19). The normalized spacial score (nSPS) is 15.4. The number of aromatic nitrogens is 1. The van der Waals surface area contributed by atoms with E-state index in [4.69, 9.17) is 0 Å². The van der Waals surface area contributed by atoms with Crippen LogP contribution in [-0.2, 0) is 0 Å². The molecule has 1 saturated carbocycles. The van der Waals surface area contributed by atoms with Gasteiger partial charge in [0.15, 0.2) is 0 Å². The molecule has 2 aromatic rings. The zero-order chi connectivity index (χ0) is 13.9. The first-order valence-electron chi connectivity index (χ1n) is 7.08. The highest BCUT2D eigenvalue weighted by molar-refractivity contribution is 7.14. The Labute approximate surface area is 123 Å². The van der Waals surface area contributed by atoms with Gasteiger partial charge in [-0.05, 0) is 19.8 Å². The number of carbonyl (C=O) groups is 1. The summed E-state index contributed by atoms with van der Waals surface area (Å²) < 4.78 is 0. The van der Waals surface area contributed by atoms with Gasteiger partial charge < -0.3 is 5.32 Å². The van der Waals surface area contributed by atoms with E-state index in [-0.39, 0.29) is 5.91 Å². The maximum Gasteiger partial charge on any atom is 0.263 e. The quantitative estimate of drug-likeness (QED) is 0.932. The number of rotatable bonds is 3. The van der Waals surface area contributed by atoms with Crippen LogP contribution in [0.5, 0.6) is 0 Å². The molecule has 4 heteroatoms. The fraction of sp³-hybridized carbons (Fsp3) is 0.375. The van der Waals surface area contributed by atoms with E-state index < -0.39 is 0 Å². The summed E-state index contributed by atoms with van der Waals surface area (Å²) in [5.41, 5.74) is 1.82. The van der Waals surface area contributed by atoms with Gasteiger partial charge in [-0.2, -0.15) is 0 Å². The molecule has 0 spiro atoms. The molecule has 1 aromatic carbocycles. The molecule has 20 heavy (non-hydrogen) atoms. The Morgan fingerprint density at radius 3 is 2.65 bits per heavy atom. The lowest BCUT2D eigenvalue weighted by molar-refractivity contribution is 0.0942. The predicted octanol–water partition coefficient (Wildman–Crippen LogP) is 3.79. The van der Waals surface area contributed by atoms with E-state index in [9.17, 15) is 4.79 Å². The van der Waals surface area contributed by atoms with Crippen LogP contribution in [0.4, 0.5) is 0 Å². The van der Waals surface area contributed by atoms with E-state index in [0.29, 0.717) is 6.04 Å². The van der Waals surface area contributed by atoms with Gasteiger partial charge in [0.05, 0.1) is 10.7 Å². The summed E-state index contributed by atoms with van der Waals surface area (Å²) in [7, 11) is 0. The highest BCUT2D eigenvalue weighted by Gasteiger charge is 2.22. The monoisotopic (exact) mass is 286 g/mol. The third-order valence-corrected chi connectivity index (χ3v) is 4.65. The maximum atomic E-state index is 12.5. The third kappa shape index (κ3) is 2.75. The molecule has 1 heterocycles. The fourth-order valence-corrected chi connectivity index (χ4v) is 3.54. The maximum absolute atomic E-state index is 12.5. The van der Waals surface area contributed by atoms with Crippen LogP contribution in [0, 0.1) is 6.92 Å². The lowest BCUT2D eigenvalue weighted by Crippen LogP contribution is -2.32. The van der Waals surface area contributed by atoms with E-state index >= 15 is 0 Å². The Hall–Kier alpha value is -1.68. The molecule has 1 fully saturated rings. The Morgan fingerprint density at radius 1 is 1.25 bits per heavy atom. The number of nitrogens with zero attached hydrogens (tertiary/aromatic N) is 1. The Balaban J connectivity index is 1.87. The molecule has 0 aliphatic heterocycles. The van der Waals surface area contributed by atoms with Crippen LogP contribution in [0.15, 0.2) is 30.3 Å². The molecule has 1 aliphatic rings. The number of nitrogens with one attached hydrogen (secondary N) is 1. The molecule has 0 atom stereocenters. The van der Waals surface area contributed by atoms with Crippen molar-refractivity contribution < 1.29 is 4.79 Å². The molecule has 0 radical (unpaired) electrons. The lowest BCUT2D eigenvalue weighted by Gasteiger charge is -2.11. The number of hydrogen-bond donors (Lipinski definition) is 1. The van der Waals surface area contributed by atoms with Crippen LogP contribution in [0.3, 0.4) is 0 Å². The minimum absolute atomic E-state index is 0.0290. The third-order valence-electron chi connectivity index (χ3n) is 3.68. The molecule has 0 saturated heterocycles. The van der Waals surface area contributed by atoms with Gasteiger partial charge in [0.2, 0.25) is 0 Å². The zero-order valence-electron chi connectivity index (χ0n) is 11.6. The lowest BCUT2D eigenvalue weighted by atomic mass is 10.1. The van der Waals surface area contributed by atoms with Crippen molar-refractivity contribution >= 4 is 17.2 Å². The Bertz CT molecular complexity index is 600. The van der Waals surface area contributed by atoms with E-state index in [1.807, 2.05) is 37.3 Å². The molecule has 3 nitrogen and oxygen atoms in total. The molecule has 104 valence electrons. The highest BCUT2D eigenvalue weighted by atomic mass is 32.1. The number of carbonyl (C=O) groups excluding carboxylic acids is 1. The zero-order valence-corrected chi connectivity index (χ0v) is 12.4. The van der Waals surface area contributed by atoms with E-state index in [1.54, 1.807) is 0 Å². The van der Waals surface area contributed by atoms with Gasteiger partial charge in [-0.3, -0.25) is 4.79 Å². The van der Waals surface area contributed by atoms with Crippen LogP contribution in [0.2, 0.25) is 0 Å². The number of aryl methyl sites for hydroxylation is 1. The van der Waals surface area contributed by atoms with Crippen molar-refractivity contribution in [1.29, 1.82) is 0 Å². The highest BCUT2D eigenvalue weighted by Crippen LogP contribution is 2.28. The molecule has 1 amide bonds. The van der Waals surface area contributed by atoms with Crippen LogP contribution < -0.4 is 5.32 Å². The largest absolute Gasteiger partial charge is 0.349 e. The minimum atomic E-state index is 0.0290. The molecule has 3 rings (SSSR count). The van der Waals surface area contributed by atoms with E-state index in [0.717, 1.165) is 34.0 Å². The van der Waals surface area contributed by atoms with Gasteiger partial charge in [0.25, 0.3) is 5.91 Å². The second-order valence-corrected chi connectivity index (χ2v) is 6.43. The van der Waals surface area contributed by atoms with Gasteiger partial charge in [-0.25, -0.2) is 4.98 Å². The molecule has 0 unspecified atom stereocenters. The van der Waals surface area contributed by atoms with Crippen LogP contribution in [-0.4, -0.2) is 16.9 Å². The molecule has 1 N–H and O–H groups in total. The number of amides is 1. The SMILES string of the molecule is Cc1nc(-c2ccccc2)c(C(=O)NC2CCCC2)s1.